The highest BCUT2D eigenvalue weighted by Gasteiger charge is 2.44. The van der Waals surface area contributed by atoms with Crippen molar-refractivity contribution in [2.75, 3.05) is 40.9 Å². The van der Waals surface area contributed by atoms with Crippen LogP contribution in [0.2, 0.25) is 0 Å². The number of hydrogen-bond acceptors (Lipinski definition) is 7. The highest BCUT2D eigenvalue weighted by molar-refractivity contribution is 6.15. The first-order valence-electron chi connectivity index (χ1n) is 11.4. The number of nitrogens with zero attached hydrogens (tertiary/aromatic N) is 2. The fourth-order valence-corrected chi connectivity index (χ4v) is 3.84. The van der Waals surface area contributed by atoms with Gasteiger partial charge in [0.15, 0.2) is 23.0 Å². The molecule has 0 spiro atoms. The number of methoxy groups -OCH3 is 1. The van der Waals surface area contributed by atoms with Crippen LogP contribution >= 0.6 is 0 Å². The van der Waals surface area contributed by atoms with Gasteiger partial charge in [0, 0.05) is 13.1 Å². The van der Waals surface area contributed by atoms with Gasteiger partial charge in [-0.1, -0.05) is 19.9 Å². The van der Waals surface area contributed by atoms with Gasteiger partial charge in [0.25, 0.3) is 5.91 Å². The van der Waals surface area contributed by atoms with Crippen molar-refractivity contribution >= 4 is 11.7 Å². The van der Waals surface area contributed by atoms with Crippen molar-refractivity contribution in [2.45, 2.75) is 33.2 Å². The standard InChI is InChI=1S/C26H34N2O6/c1-16(2)11-14-33-19-10-8-18(15-21(19)32-6)23-22(24(29)20-9-7-17(3)34-20)25(30)26(31)28(23)13-12-27(4)5/h7-10,15-16,23,30H,11-14H2,1-6H3. The summed E-state index contributed by atoms with van der Waals surface area (Å²) in [6.45, 7) is 7.41. The molecule has 0 radical (unpaired) electrons. The number of amides is 1. The largest absolute Gasteiger partial charge is 0.503 e. The molecular formula is C26H34N2O6. The predicted octanol–water partition coefficient (Wildman–Crippen LogP) is 4.16. The number of likely N-dealkylation sites (N-methyl/N-ethyl adjacent to an activating group) is 1. The average molecular weight is 471 g/mol. The summed E-state index contributed by atoms with van der Waals surface area (Å²) in [5.74, 6) is 0.561. The van der Waals surface area contributed by atoms with E-state index in [1.165, 1.54) is 4.90 Å². The second-order valence-electron chi connectivity index (χ2n) is 9.15. The number of aliphatic hydroxyl groups is 1. The van der Waals surface area contributed by atoms with E-state index in [-0.39, 0.29) is 11.3 Å². The van der Waals surface area contributed by atoms with Gasteiger partial charge in [0.05, 0.1) is 25.3 Å². The Balaban J connectivity index is 2.01. The molecule has 2 aromatic rings. The highest BCUT2D eigenvalue weighted by atomic mass is 16.5. The Hall–Kier alpha value is -3.26. The van der Waals surface area contributed by atoms with Gasteiger partial charge < -0.3 is 28.8 Å². The van der Waals surface area contributed by atoms with Crippen molar-refractivity contribution in [1.82, 2.24) is 9.80 Å². The van der Waals surface area contributed by atoms with Gasteiger partial charge in [-0.25, -0.2) is 0 Å². The van der Waals surface area contributed by atoms with Crippen LogP contribution in [0.4, 0.5) is 0 Å². The lowest BCUT2D eigenvalue weighted by atomic mass is 9.94. The van der Waals surface area contributed by atoms with Gasteiger partial charge >= 0.3 is 0 Å². The van der Waals surface area contributed by atoms with Gasteiger partial charge in [-0.3, -0.25) is 9.59 Å². The quantitative estimate of drug-likeness (QED) is 0.493. The second kappa shape index (κ2) is 10.8. The minimum absolute atomic E-state index is 0.00589. The normalized spacial score (nSPS) is 16.2. The first-order chi connectivity index (χ1) is 16.1. The van der Waals surface area contributed by atoms with E-state index in [9.17, 15) is 14.7 Å². The van der Waals surface area contributed by atoms with Gasteiger partial charge in [-0.15, -0.1) is 0 Å². The summed E-state index contributed by atoms with van der Waals surface area (Å²) in [6, 6.07) is 7.76. The van der Waals surface area contributed by atoms with Gasteiger partial charge in [0.1, 0.15) is 5.76 Å². The number of carbonyl (C=O) groups is 2. The Labute approximate surface area is 200 Å². The van der Waals surface area contributed by atoms with Gasteiger partial charge in [0.2, 0.25) is 5.78 Å². The molecule has 0 aliphatic carbocycles. The van der Waals surface area contributed by atoms with Crippen molar-refractivity contribution in [3.8, 4) is 11.5 Å². The number of ether oxygens (including phenoxy) is 2. The fourth-order valence-electron chi connectivity index (χ4n) is 3.84. The number of hydrogen-bond donors (Lipinski definition) is 1. The molecule has 0 saturated carbocycles. The first kappa shape index (κ1) is 25.4. The van der Waals surface area contributed by atoms with E-state index in [2.05, 4.69) is 13.8 Å². The number of aryl methyl sites for hydroxylation is 1. The van der Waals surface area contributed by atoms with E-state index in [0.717, 1.165) is 6.42 Å². The molecule has 8 heteroatoms. The summed E-state index contributed by atoms with van der Waals surface area (Å²) in [5.41, 5.74) is 0.629. The molecule has 1 aromatic heterocycles. The van der Waals surface area contributed by atoms with Crippen LogP contribution in [0.25, 0.3) is 0 Å². The molecule has 8 nitrogen and oxygen atoms in total. The third-order valence-electron chi connectivity index (χ3n) is 5.76. The molecule has 1 aliphatic rings. The highest BCUT2D eigenvalue weighted by Crippen LogP contribution is 2.41. The van der Waals surface area contributed by atoms with Crippen LogP contribution in [0.5, 0.6) is 11.5 Å². The van der Waals surface area contributed by atoms with E-state index < -0.39 is 23.5 Å². The molecule has 1 N–H and O–H groups in total. The molecule has 1 unspecified atom stereocenters. The molecule has 1 aliphatic heterocycles. The van der Waals surface area contributed by atoms with Crippen LogP contribution < -0.4 is 9.47 Å². The minimum Gasteiger partial charge on any atom is -0.503 e. The maximum atomic E-state index is 13.4. The predicted molar refractivity (Wildman–Crippen MR) is 128 cm³/mol. The molecule has 1 amide bonds. The zero-order valence-corrected chi connectivity index (χ0v) is 20.8. The van der Waals surface area contributed by atoms with Crippen LogP contribution in [-0.2, 0) is 4.79 Å². The fraction of sp³-hybridized carbons (Fsp3) is 0.462. The summed E-state index contributed by atoms with van der Waals surface area (Å²) < 4.78 is 17.0. The van der Waals surface area contributed by atoms with Crippen LogP contribution in [0.3, 0.4) is 0 Å². The molecule has 0 saturated heterocycles. The lowest BCUT2D eigenvalue weighted by Crippen LogP contribution is -2.36. The smallest absolute Gasteiger partial charge is 0.290 e. The number of carbonyl (C=O) groups excluding carboxylic acids is 2. The molecular weight excluding hydrogens is 436 g/mol. The van der Waals surface area contributed by atoms with Crippen molar-refractivity contribution in [3.63, 3.8) is 0 Å². The topological polar surface area (TPSA) is 92.5 Å². The van der Waals surface area contributed by atoms with E-state index in [1.807, 2.05) is 19.0 Å². The summed E-state index contributed by atoms with van der Waals surface area (Å²) in [4.78, 5) is 29.8. The maximum Gasteiger partial charge on any atom is 0.290 e. The Morgan fingerprint density at radius 3 is 2.53 bits per heavy atom. The van der Waals surface area contributed by atoms with E-state index >= 15 is 0 Å². The summed E-state index contributed by atoms with van der Waals surface area (Å²) in [6.07, 6.45) is 0.901. The number of benzene rings is 1. The van der Waals surface area contributed by atoms with Crippen molar-refractivity contribution < 1.29 is 28.6 Å². The number of aliphatic hydroxyl groups excluding tert-OH is 1. The van der Waals surface area contributed by atoms with Crippen molar-refractivity contribution in [3.05, 3.63) is 58.7 Å². The molecule has 34 heavy (non-hydrogen) atoms. The summed E-state index contributed by atoms with van der Waals surface area (Å²) in [5, 5.41) is 10.8. The number of furan rings is 1. The van der Waals surface area contributed by atoms with Crippen molar-refractivity contribution in [2.24, 2.45) is 5.92 Å². The molecule has 0 bridgehead atoms. The first-order valence-corrected chi connectivity index (χ1v) is 11.4. The minimum atomic E-state index is -0.788. The molecule has 1 atom stereocenters. The number of Topliss-reactive ketones (excluding diaryl/α,β-unsaturated/α-hetero) is 1. The van der Waals surface area contributed by atoms with Gasteiger partial charge in [-0.05, 0) is 63.2 Å². The maximum absolute atomic E-state index is 13.4. The lowest BCUT2D eigenvalue weighted by Gasteiger charge is -2.28. The molecule has 1 aromatic carbocycles. The Kier molecular flexibility index (Phi) is 8.04. The monoisotopic (exact) mass is 470 g/mol. The molecule has 3 rings (SSSR count). The Morgan fingerprint density at radius 1 is 1.21 bits per heavy atom. The molecule has 0 fully saturated rings. The van der Waals surface area contributed by atoms with E-state index in [1.54, 1.807) is 44.4 Å². The SMILES string of the molecule is COc1cc(C2C(C(=O)c3ccc(C)o3)=C(O)C(=O)N2CCN(C)C)ccc1OCCC(C)C. The van der Waals surface area contributed by atoms with E-state index in [4.69, 9.17) is 13.9 Å². The second-order valence-corrected chi connectivity index (χ2v) is 9.15. The average Bonchev–Trinajstić information content (AvgIpc) is 3.33. The summed E-state index contributed by atoms with van der Waals surface area (Å²) in [7, 11) is 5.34. The zero-order chi connectivity index (χ0) is 25.0. The third kappa shape index (κ3) is 5.44. The molecule has 184 valence electrons. The Morgan fingerprint density at radius 2 is 1.94 bits per heavy atom. The third-order valence-corrected chi connectivity index (χ3v) is 5.76. The van der Waals surface area contributed by atoms with Crippen LogP contribution in [0.1, 0.15) is 48.2 Å². The summed E-state index contributed by atoms with van der Waals surface area (Å²) >= 11 is 0. The van der Waals surface area contributed by atoms with E-state index in [0.29, 0.717) is 48.4 Å². The van der Waals surface area contributed by atoms with Crippen LogP contribution in [0, 0.1) is 12.8 Å². The molecule has 2 heterocycles. The number of ketones is 1. The zero-order valence-electron chi connectivity index (χ0n) is 20.8. The van der Waals surface area contributed by atoms with Crippen molar-refractivity contribution in [1.29, 1.82) is 0 Å². The lowest BCUT2D eigenvalue weighted by molar-refractivity contribution is -0.129. The van der Waals surface area contributed by atoms with Crippen LogP contribution in [-0.4, -0.2) is 67.5 Å². The van der Waals surface area contributed by atoms with Gasteiger partial charge in [-0.2, -0.15) is 0 Å². The number of rotatable bonds is 11. The Bertz CT molecular complexity index is 1070. The van der Waals surface area contributed by atoms with Crippen LogP contribution in [0.15, 0.2) is 46.1 Å².